The molecule has 0 aliphatic heterocycles. The van der Waals surface area contributed by atoms with Crippen LogP contribution in [0.2, 0.25) is 5.02 Å². The smallest absolute Gasteiger partial charge is 0.406 e. The Morgan fingerprint density at radius 1 is 1.00 bits per heavy atom. The Morgan fingerprint density at radius 2 is 1.62 bits per heavy atom. The summed E-state index contributed by atoms with van der Waals surface area (Å²) in [5.41, 5.74) is 1.34. The predicted molar refractivity (Wildman–Crippen MR) is 73.8 cm³/mol. The van der Waals surface area contributed by atoms with Gasteiger partial charge in [-0.15, -0.1) is 13.2 Å². The molecule has 0 radical (unpaired) electrons. The lowest BCUT2D eigenvalue weighted by molar-refractivity contribution is -0.274. The first-order valence-electron chi connectivity index (χ1n) is 5.61. The summed E-state index contributed by atoms with van der Waals surface area (Å²) in [5, 5.41) is -0.372. The zero-order valence-corrected chi connectivity index (χ0v) is 11.8. The molecule has 2 rings (SSSR count). The number of rotatable bonds is 3. The summed E-state index contributed by atoms with van der Waals surface area (Å²) in [6.07, 6.45) is -4.74. The number of ether oxygens (including phenoxy) is 1. The largest absolute Gasteiger partial charge is 0.573 e. The topological polar surface area (TPSA) is 26.3 Å². The molecule has 2 aromatic rings. The van der Waals surface area contributed by atoms with Gasteiger partial charge in [0.25, 0.3) is 5.24 Å². The second kappa shape index (κ2) is 5.95. The molecule has 0 aliphatic carbocycles. The Morgan fingerprint density at radius 3 is 2.14 bits per heavy atom. The summed E-state index contributed by atoms with van der Waals surface area (Å²) in [6, 6.07) is 9.68. The molecule has 0 saturated carbocycles. The fourth-order valence-electron chi connectivity index (χ4n) is 1.72. The summed E-state index contributed by atoms with van der Waals surface area (Å²) in [4.78, 5) is 11.2. The number of alkyl halides is 3. The van der Waals surface area contributed by atoms with E-state index in [1.807, 2.05) is 0 Å². The van der Waals surface area contributed by atoms with Crippen molar-refractivity contribution in [2.24, 2.45) is 0 Å². The fraction of sp³-hybridized carbons (Fsp3) is 0.0714. The summed E-state index contributed by atoms with van der Waals surface area (Å²) < 4.78 is 40.0. The first-order chi connectivity index (χ1) is 9.74. The van der Waals surface area contributed by atoms with Gasteiger partial charge in [0.15, 0.2) is 0 Å². The van der Waals surface area contributed by atoms with Crippen LogP contribution in [0.1, 0.15) is 10.4 Å². The Balaban J connectivity index is 2.32. The number of benzene rings is 2. The molecule has 0 atom stereocenters. The molecule has 0 heterocycles. The second-order valence-corrected chi connectivity index (χ2v) is 4.85. The van der Waals surface area contributed by atoms with Gasteiger partial charge in [0, 0.05) is 10.6 Å². The van der Waals surface area contributed by atoms with E-state index in [0.29, 0.717) is 16.1 Å². The van der Waals surface area contributed by atoms with E-state index in [9.17, 15) is 18.0 Å². The number of hydrogen-bond donors (Lipinski definition) is 0. The van der Waals surface area contributed by atoms with Crippen molar-refractivity contribution in [1.29, 1.82) is 0 Å². The maximum absolute atomic E-state index is 12.1. The number of hydrogen-bond acceptors (Lipinski definition) is 2. The first-order valence-corrected chi connectivity index (χ1v) is 6.37. The van der Waals surface area contributed by atoms with Crippen molar-refractivity contribution in [1.82, 2.24) is 0 Å². The van der Waals surface area contributed by atoms with Crippen LogP contribution in [0.5, 0.6) is 5.75 Å². The SMILES string of the molecule is O=C(Cl)c1cc(Cl)cc(-c2ccc(OC(F)(F)F)cc2)c1. The highest BCUT2D eigenvalue weighted by Gasteiger charge is 2.30. The summed E-state index contributed by atoms with van der Waals surface area (Å²) in [7, 11) is 0. The standard InChI is InChI=1S/C14H7Cl2F3O2/c15-11-6-9(5-10(7-11)13(16)20)8-1-3-12(4-2-8)21-14(17,18)19/h1-7H. The van der Waals surface area contributed by atoms with E-state index >= 15 is 0 Å². The van der Waals surface area contributed by atoms with E-state index in [1.165, 1.54) is 36.4 Å². The molecule has 0 spiro atoms. The number of halogens is 5. The first kappa shape index (κ1) is 15.7. The summed E-state index contributed by atoms with van der Waals surface area (Å²) >= 11 is 11.3. The van der Waals surface area contributed by atoms with Crippen LogP contribution in [-0.4, -0.2) is 11.6 Å². The highest BCUT2D eigenvalue weighted by atomic mass is 35.5. The fourth-order valence-corrected chi connectivity index (χ4v) is 2.06. The van der Waals surface area contributed by atoms with Gasteiger partial charge in [0.05, 0.1) is 0 Å². The highest BCUT2D eigenvalue weighted by Crippen LogP contribution is 2.29. The van der Waals surface area contributed by atoms with E-state index in [1.54, 1.807) is 6.07 Å². The number of carbonyl (C=O) groups excluding carboxylic acids is 1. The Hall–Kier alpha value is -1.72. The van der Waals surface area contributed by atoms with Crippen LogP contribution in [0.4, 0.5) is 13.2 Å². The molecule has 0 saturated heterocycles. The second-order valence-electron chi connectivity index (χ2n) is 4.07. The van der Waals surface area contributed by atoms with Crippen LogP contribution < -0.4 is 4.74 Å². The van der Waals surface area contributed by atoms with Crippen LogP contribution in [-0.2, 0) is 0 Å². The normalized spacial score (nSPS) is 11.3. The van der Waals surface area contributed by atoms with Gasteiger partial charge in [-0.3, -0.25) is 4.79 Å². The number of carbonyl (C=O) groups is 1. The molecule has 2 aromatic carbocycles. The minimum Gasteiger partial charge on any atom is -0.406 e. The van der Waals surface area contributed by atoms with E-state index in [4.69, 9.17) is 23.2 Å². The van der Waals surface area contributed by atoms with Crippen molar-refractivity contribution in [3.05, 3.63) is 53.1 Å². The van der Waals surface area contributed by atoms with Crippen LogP contribution in [0.25, 0.3) is 11.1 Å². The van der Waals surface area contributed by atoms with E-state index in [-0.39, 0.29) is 11.3 Å². The average molecular weight is 335 g/mol. The Labute approximate surface area is 128 Å². The van der Waals surface area contributed by atoms with Crippen molar-refractivity contribution >= 4 is 28.4 Å². The molecule has 0 amide bonds. The van der Waals surface area contributed by atoms with Gasteiger partial charge < -0.3 is 4.74 Å². The summed E-state index contributed by atoms with van der Waals surface area (Å²) in [6.45, 7) is 0. The van der Waals surface area contributed by atoms with Crippen molar-refractivity contribution in [2.75, 3.05) is 0 Å². The molecule has 2 nitrogen and oxygen atoms in total. The average Bonchev–Trinajstić information content (AvgIpc) is 2.37. The third-order valence-corrected chi connectivity index (χ3v) is 2.98. The quantitative estimate of drug-likeness (QED) is 0.713. The van der Waals surface area contributed by atoms with Crippen molar-refractivity contribution < 1.29 is 22.7 Å². The molecule has 0 aliphatic rings. The maximum atomic E-state index is 12.1. The van der Waals surface area contributed by atoms with E-state index in [2.05, 4.69) is 4.74 Å². The zero-order chi connectivity index (χ0) is 15.6. The van der Waals surface area contributed by atoms with Gasteiger partial charge in [-0.2, -0.15) is 0 Å². The minimum absolute atomic E-state index is 0.204. The monoisotopic (exact) mass is 334 g/mol. The summed E-state index contributed by atoms with van der Waals surface area (Å²) in [5.74, 6) is -0.332. The molecule has 0 fully saturated rings. The van der Waals surface area contributed by atoms with Crippen molar-refractivity contribution in [3.63, 3.8) is 0 Å². The third kappa shape index (κ3) is 4.37. The van der Waals surface area contributed by atoms with Gasteiger partial charge in [0.2, 0.25) is 0 Å². The molecule has 0 N–H and O–H groups in total. The lowest BCUT2D eigenvalue weighted by Gasteiger charge is -2.10. The molecule has 21 heavy (non-hydrogen) atoms. The molecular weight excluding hydrogens is 328 g/mol. The Kier molecular flexibility index (Phi) is 4.44. The van der Waals surface area contributed by atoms with Gasteiger partial charge >= 0.3 is 6.36 Å². The molecule has 110 valence electrons. The van der Waals surface area contributed by atoms with Crippen LogP contribution >= 0.6 is 23.2 Å². The van der Waals surface area contributed by atoms with Crippen LogP contribution in [0, 0.1) is 0 Å². The minimum atomic E-state index is -4.74. The van der Waals surface area contributed by atoms with Crippen molar-refractivity contribution in [3.8, 4) is 16.9 Å². The van der Waals surface area contributed by atoms with Gasteiger partial charge in [-0.1, -0.05) is 23.7 Å². The van der Waals surface area contributed by atoms with E-state index < -0.39 is 11.6 Å². The Bertz CT molecular complexity index is 667. The molecular formula is C14H7Cl2F3O2. The molecule has 0 aromatic heterocycles. The van der Waals surface area contributed by atoms with E-state index in [0.717, 1.165) is 0 Å². The predicted octanol–water partition coefficient (Wildman–Crippen LogP) is 5.28. The maximum Gasteiger partial charge on any atom is 0.573 e. The third-order valence-electron chi connectivity index (χ3n) is 2.55. The van der Waals surface area contributed by atoms with Crippen LogP contribution in [0.15, 0.2) is 42.5 Å². The van der Waals surface area contributed by atoms with Crippen molar-refractivity contribution in [2.45, 2.75) is 6.36 Å². The lowest BCUT2D eigenvalue weighted by Crippen LogP contribution is -2.16. The van der Waals surface area contributed by atoms with Gasteiger partial charge in [-0.25, -0.2) is 0 Å². The van der Waals surface area contributed by atoms with Crippen LogP contribution in [0.3, 0.4) is 0 Å². The zero-order valence-electron chi connectivity index (χ0n) is 10.2. The van der Waals surface area contributed by atoms with Gasteiger partial charge in [-0.05, 0) is 53.1 Å². The lowest BCUT2D eigenvalue weighted by atomic mass is 10.0. The molecule has 7 heteroatoms. The molecule has 0 bridgehead atoms. The molecule has 0 unspecified atom stereocenters. The van der Waals surface area contributed by atoms with Gasteiger partial charge in [0.1, 0.15) is 5.75 Å². The highest BCUT2D eigenvalue weighted by molar-refractivity contribution is 6.67.